The number of carbonyl (C=O) groups excluding carboxylic acids is 2. The average molecular weight is 718 g/mol. The van der Waals surface area contributed by atoms with Crippen LogP contribution in [0.1, 0.15) is 86.3 Å². The van der Waals surface area contributed by atoms with Crippen LogP contribution in [0, 0.1) is 51.2 Å². The molecule has 6 nitrogen and oxygen atoms in total. The summed E-state index contributed by atoms with van der Waals surface area (Å²) < 4.78 is 0.657. The average Bonchev–Trinajstić information content (AvgIpc) is 3.68. The number of amides is 2. The molecular formula is C38H44IN3O3. The normalized spacial score (nSPS) is 42.9. The number of aliphatic hydroxyl groups excluding tert-OH is 1. The van der Waals surface area contributed by atoms with E-state index in [4.69, 9.17) is 0 Å². The van der Waals surface area contributed by atoms with Crippen LogP contribution in [0.25, 0.3) is 0 Å². The fourth-order valence-electron chi connectivity index (χ4n) is 13.4. The summed E-state index contributed by atoms with van der Waals surface area (Å²) in [5.41, 5.74) is 4.91. The maximum atomic E-state index is 14.3. The first kappa shape index (κ1) is 28.8. The summed E-state index contributed by atoms with van der Waals surface area (Å²) in [5, 5.41) is 17.1. The van der Waals surface area contributed by atoms with Gasteiger partial charge in [-0.3, -0.25) is 14.6 Å². The number of carbonyl (C=O) groups is 2. The molecule has 9 rings (SSSR count). The third kappa shape index (κ3) is 3.54. The molecule has 1 aromatic heterocycles. The smallest absolute Gasteiger partial charge is 0.251 e. The number of halogens is 1. The van der Waals surface area contributed by atoms with Gasteiger partial charge in [-0.15, -0.1) is 0 Å². The molecule has 0 radical (unpaired) electrons. The summed E-state index contributed by atoms with van der Waals surface area (Å²) in [7, 11) is 0. The topological polar surface area (TPSA) is 91.3 Å². The van der Waals surface area contributed by atoms with Gasteiger partial charge in [0.15, 0.2) is 0 Å². The monoisotopic (exact) mass is 717 g/mol. The van der Waals surface area contributed by atoms with E-state index in [-0.39, 0.29) is 11.3 Å². The van der Waals surface area contributed by atoms with E-state index < -0.39 is 0 Å². The van der Waals surface area contributed by atoms with Gasteiger partial charge >= 0.3 is 0 Å². The minimum absolute atomic E-state index is 0.108. The molecule has 1 heterocycles. The van der Waals surface area contributed by atoms with Gasteiger partial charge in [0.2, 0.25) is 5.91 Å². The number of fused-ring (bicyclic) bond motifs is 1. The third-order valence-corrected chi connectivity index (χ3v) is 16.3. The van der Waals surface area contributed by atoms with Gasteiger partial charge in [-0.25, -0.2) is 0 Å². The summed E-state index contributed by atoms with van der Waals surface area (Å²) in [6, 6.07) is 13.5. The number of hydrogen-bond acceptors (Lipinski definition) is 4. The largest absolute Gasteiger partial charge is 0.512 e. The summed E-state index contributed by atoms with van der Waals surface area (Å²) in [6.45, 7) is 3.22. The fourth-order valence-corrected chi connectivity index (χ4v) is 15.3. The molecule has 7 aliphatic rings. The number of nitrogens with zero attached hydrogens (tertiary/aromatic N) is 1. The molecule has 0 aliphatic heterocycles. The van der Waals surface area contributed by atoms with Crippen LogP contribution in [0.2, 0.25) is 0 Å². The molecular weight excluding hydrogens is 673 g/mol. The van der Waals surface area contributed by atoms with Crippen molar-refractivity contribution < 1.29 is 14.7 Å². The maximum Gasteiger partial charge on any atom is 0.251 e. The summed E-state index contributed by atoms with van der Waals surface area (Å²) in [4.78, 5) is 31.4. The summed E-state index contributed by atoms with van der Waals surface area (Å²) in [5.74, 6) is 4.44. The third-order valence-electron chi connectivity index (χ3n) is 14.7. The van der Waals surface area contributed by atoms with Gasteiger partial charge in [-0.2, -0.15) is 0 Å². The summed E-state index contributed by atoms with van der Waals surface area (Å²) >= 11 is 2.83. The first-order chi connectivity index (χ1) is 21.8. The summed E-state index contributed by atoms with van der Waals surface area (Å²) in [6.07, 6.45) is 12.8. The Morgan fingerprint density at radius 2 is 1.96 bits per heavy atom. The highest BCUT2D eigenvalue weighted by atomic mass is 127. The molecule has 2 amide bonds. The lowest BCUT2D eigenvalue weighted by Crippen LogP contribution is -2.50. The predicted molar refractivity (Wildman–Crippen MR) is 180 cm³/mol. The van der Waals surface area contributed by atoms with Crippen LogP contribution >= 0.6 is 22.6 Å². The molecule has 10 unspecified atom stereocenters. The van der Waals surface area contributed by atoms with Gasteiger partial charge in [0.1, 0.15) is 0 Å². The van der Waals surface area contributed by atoms with Crippen LogP contribution in [0.3, 0.4) is 0 Å². The maximum absolute atomic E-state index is 14.3. The van der Waals surface area contributed by atoms with Crippen LogP contribution in [-0.4, -0.2) is 32.4 Å². The van der Waals surface area contributed by atoms with Crippen molar-refractivity contribution in [1.29, 1.82) is 0 Å². The van der Waals surface area contributed by atoms with E-state index in [2.05, 4.69) is 51.2 Å². The van der Waals surface area contributed by atoms with Crippen molar-refractivity contribution in [2.24, 2.45) is 51.2 Å². The van der Waals surface area contributed by atoms with Crippen molar-refractivity contribution in [2.45, 2.75) is 81.6 Å². The van der Waals surface area contributed by atoms with Gasteiger partial charge in [0, 0.05) is 28.7 Å². The minimum Gasteiger partial charge on any atom is -0.512 e. The SMILES string of the molecule is CC1=C(O)CCC23C1CC(I)C14C2C3CC12C1CCCC1(C(=O)NCCc1cccc(C(=O)NCc3ccccn3)c1)CCC24. The number of alkyl halides is 1. The molecule has 236 valence electrons. The number of allylic oxidation sites excluding steroid dienone is 2. The number of aromatic nitrogens is 1. The van der Waals surface area contributed by atoms with Crippen molar-refractivity contribution in [1.82, 2.24) is 15.6 Å². The number of aliphatic hydroxyl groups is 1. The Morgan fingerprint density at radius 1 is 1.07 bits per heavy atom. The molecule has 6 fully saturated rings. The lowest BCUT2D eigenvalue weighted by molar-refractivity contribution is -0.138. The van der Waals surface area contributed by atoms with Crippen LogP contribution in [0.15, 0.2) is 60.0 Å². The Labute approximate surface area is 279 Å². The second kappa shape index (κ2) is 9.80. The molecule has 3 N–H and O–H groups in total. The molecule has 3 spiro atoms. The lowest BCUT2D eigenvalue weighted by atomic mass is 9.56. The van der Waals surface area contributed by atoms with E-state index in [1.54, 1.807) is 6.20 Å². The highest BCUT2D eigenvalue weighted by molar-refractivity contribution is 14.1. The zero-order chi connectivity index (χ0) is 30.8. The first-order valence-electron chi connectivity index (χ1n) is 17.4. The van der Waals surface area contributed by atoms with Gasteiger partial charge in [-0.05, 0) is 140 Å². The van der Waals surface area contributed by atoms with E-state index in [0.717, 1.165) is 54.7 Å². The highest BCUT2D eigenvalue weighted by Crippen LogP contribution is 3.02. The van der Waals surface area contributed by atoms with Crippen LogP contribution < -0.4 is 10.6 Å². The Bertz CT molecular complexity index is 1630. The predicted octanol–water partition coefficient (Wildman–Crippen LogP) is 6.94. The van der Waals surface area contributed by atoms with Crippen LogP contribution in [0.4, 0.5) is 0 Å². The molecule has 7 aliphatic carbocycles. The molecule has 6 saturated carbocycles. The van der Waals surface area contributed by atoms with Gasteiger partial charge < -0.3 is 15.7 Å². The number of benzene rings is 1. The van der Waals surface area contributed by atoms with Crippen molar-refractivity contribution in [3.8, 4) is 0 Å². The van der Waals surface area contributed by atoms with Crippen LogP contribution in [0.5, 0.6) is 0 Å². The number of rotatable bonds is 7. The zero-order valence-corrected chi connectivity index (χ0v) is 28.3. The van der Waals surface area contributed by atoms with Crippen molar-refractivity contribution in [2.75, 3.05) is 6.54 Å². The van der Waals surface area contributed by atoms with Crippen molar-refractivity contribution >= 4 is 34.4 Å². The van der Waals surface area contributed by atoms with E-state index >= 15 is 0 Å². The first-order valence-corrected chi connectivity index (χ1v) is 18.6. The lowest BCUT2D eigenvalue weighted by Gasteiger charge is -2.49. The van der Waals surface area contributed by atoms with Gasteiger partial charge in [-0.1, -0.05) is 47.2 Å². The highest BCUT2D eigenvalue weighted by Gasteiger charge is 2.99. The second-order valence-electron chi connectivity index (χ2n) is 15.7. The fraction of sp³-hybridized carbons (Fsp3) is 0.605. The van der Waals surface area contributed by atoms with E-state index in [0.29, 0.717) is 62.3 Å². The minimum atomic E-state index is -0.203. The molecule has 10 atom stereocenters. The zero-order valence-electron chi connectivity index (χ0n) is 26.2. The van der Waals surface area contributed by atoms with Crippen molar-refractivity contribution in [3.63, 3.8) is 0 Å². The molecule has 2 aromatic rings. The van der Waals surface area contributed by atoms with Crippen molar-refractivity contribution in [3.05, 3.63) is 76.8 Å². The Kier molecular flexibility index (Phi) is 6.27. The van der Waals surface area contributed by atoms with E-state index in [1.807, 2.05) is 36.4 Å². The van der Waals surface area contributed by atoms with Crippen LogP contribution in [-0.2, 0) is 17.8 Å². The standard InChI is InChI=1S/C38H44IN3O3/c1-22-26-19-31(39)38-30-11-14-35(13-5-9-29(35)37(30,38)20-27-32(38)36(26,27)15-10-28(22)43)34(45)41-17-12-23-6-4-7-24(18-23)33(44)42-21-25-8-2-3-16-40-25/h2-4,6-8,16,18,26-27,29-32,43H,5,9-15,17,19-21H2,1H3,(H,41,45)(H,42,44). The van der Waals surface area contributed by atoms with Gasteiger partial charge in [0.05, 0.1) is 23.4 Å². The Balaban J connectivity index is 0.884. The molecule has 45 heavy (non-hydrogen) atoms. The number of hydrogen-bond donors (Lipinski definition) is 3. The van der Waals surface area contributed by atoms with E-state index in [1.165, 1.54) is 44.1 Å². The Morgan fingerprint density at radius 3 is 2.80 bits per heavy atom. The molecule has 0 saturated heterocycles. The number of nitrogens with one attached hydrogen (secondary N) is 2. The quantitative estimate of drug-likeness (QED) is 0.214. The number of pyridine rings is 1. The van der Waals surface area contributed by atoms with Gasteiger partial charge in [0.25, 0.3) is 5.91 Å². The Hall–Kier alpha value is -2.42. The molecule has 1 aromatic carbocycles. The molecule has 0 bridgehead atoms. The van der Waals surface area contributed by atoms with E-state index in [9.17, 15) is 14.7 Å². The second-order valence-corrected chi connectivity index (χ2v) is 17.2. The molecule has 7 heteroatoms.